The topological polar surface area (TPSA) is 33.0 Å². The number of rotatable bonds is 3. The van der Waals surface area contributed by atoms with Gasteiger partial charge in [0.15, 0.2) is 0 Å². The third-order valence-electron chi connectivity index (χ3n) is 2.10. The van der Waals surface area contributed by atoms with Crippen LogP contribution in [-0.4, -0.2) is 18.5 Å². The van der Waals surface area contributed by atoms with Crippen molar-refractivity contribution in [2.75, 3.05) is 0 Å². The van der Waals surface area contributed by atoms with Crippen molar-refractivity contribution >= 4 is 0 Å². The van der Waals surface area contributed by atoms with Gasteiger partial charge in [-0.1, -0.05) is 0 Å². The van der Waals surface area contributed by atoms with Crippen LogP contribution in [0.2, 0.25) is 0 Å². The summed E-state index contributed by atoms with van der Waals surface area (Å²) in [7, 11) is 0. The predicted molar refractivity (Wildman–Crippen MR) is 51.8 cm³/mol. The highest BCUT2D eigenvalue weighted by atomic mass is 19.4. The maximum Gasteiger partial charge on any atom is 0.423 e. The molecule has 20 heavy (non-hydrogen) atoms. The zero-order valence-electron chi connectivity index (χ0n) is 9.52. The van der Waals surface area contributed by atoms with Crippen LogP contribution in [-0.2, 0) is 11.3 Å². The molecular weight excluding hydrogens is 295 g/mol. The molecule has 0 aliphatic rings. The Bertz CT molecular complexity index is 501. The van der Waals surface area contributed by atoms with E-state index >= 15 is 0 Å². The first kappa shape index (κ1) is 16.2. The van der Waals surface area contributed by atoms with Gasteiger partial charge in [0.2, 0.25) is 6.10 Å². The molecule has 0 amide bonds. The molecule has 110 valence electrons. The second kappa shape index (κ2) is 5.66. The van der Waals surface area contributed by atoms with Crippen LogP contribution in [0.25, 0.3) is 0 Å². The third kappa shape index (κ3) is 4.38. The first-order chi connectivity index (χ1) is 9.04. The minimum atomic E-state index is -5.64. The molecule has 0 bridgehead atoms. The zero-order valence-corrected chi connectivity index (χ0v) is 9.52. The molecule has 0 aliphatic heterocycles. The molecule has 9 heteroatoms. The molecule has 0 heterocycles. The summed E-state index contributed by atoms with van der Waals surface area (Å²) in [6.07, 6.45) is -15.2. The van der Waals surface area contributed by atoms with E-state index in [0.29, 0.717) is 6.07 Å². The number of nitrogens with zero attached hydrogens (tertiary/aromatic N) is 1. The first-order valence-electron chi connectivity index (χ1n) is 4.98. The number of halogens is 7. The Morgan fingerprint density at radius 2 is 1.60 bits per heavy atom. The molecule has 1 rings (SSSR count). The lowest BCUT2D eigenvalue weighted by Gasteiger charge is -2.23. The van der Waals surface area contributed by atoms with Crippen molar-refractivity contribution in [3.05, 3.63) is 35.1 Å². The molecule has 0 saturated carbocycles. The summed E-state index contributed by atoms with van der Waals surface area (Å²) in [4.78, 5) is 0. The van der Waals surface area contributed by atoms with E-state index in [4.69, 9.17) is 5.26 Å². The standard InChI is InChI=1S/C11H6F7NO/c12-8-2-6(4-19)1-7(3-8)5-20-9(10(13,14)15)11(16,17)18/h1-3,9H,5H2. The largest absolute Gasteiger partial charge is 0.423 e. The molecule has 1 aromatic carbocycles. The van der Waals surface area contributed by atoms with E-state index in [1.807, 2.05) is 0 Å². The van der Waals surface area contributed by atoms with Crippen molar-refractivity contribution in [2.45, 2.75) is 25.1 Å². The van der Waals surface area contributed by atoms with E-state index in [9.17, 15) is 30.7 Å². The van der Waals surface area contributed by atoms with Gasteiger partial charge in [0.1, 0.15) is 5.82 Å². The number of hydrogen-bond acceptors (Lipinski definition) is 2. The molecule has 0 atom stereocenters. The maximum absolute atomic E-state index is 13.0. The van der Waals surface area contributed by atoms with Crippen molar-refractivity contribution < 1.29 is 35.5 Å². The van der Waals surface area contributed by atoms with E-state index < -0.39 is 30.9 Å². The Balaban J connectivity index is 2.89. The van der Waals surface area contributed by atoms with E-state index in [0.717, 1.165) is 12.1 Å². The van der Waals surface area contributed by atoms with E-state index in [-0.39, 0.29) is 11.1 Å². The first-order valence-corrected chi connectivity index (χ1v) is 4.98. The number of alkyl halides is 6. The normalized spacial score (nSPS) is 12.6. The Morgan fingerprint density at radius 3 is 2.05 bits per heavy atom. The molecule has 1 aromatic rings. The number of ether oxygens (including phenoxy) is 1. The summed E-state index contributed by atoms with van der Waals surface area (Å²) in [6.45, 7) is -1.13. The second-order valence-electron chi connectivity index (χ2n) is 3.73. The van der Waals surface area contributed by atoms with Gasteiger partial charge < -0.3 is 4.74 Å². The highest BCUT2D eigenvalue weighted by molar-refractivity contribution is 5.33. The van der Waals surface area contributed by atoms with Gasteiger partial charge in [-0.05, 0) is 23.8 Å². The summed E-state index contributed by atoms with van der Waals surface area (Å²) in [6, 6.07) is 3.93. The van der Waals surface area contributed by atoms with Gasteiger partial charge in [-0.25, -0.2) is 4.39 Å². The molecular formula is C11H6F7NO. The minimum absolute atomic E-state index is 0.237. The predicted octanol–water partition coefficient (Wildman–Crippen LogP) is 3.71. The highest BCUT2D eigenvalue weighted by Crippen LogP contribution is 2.36. The van der Waals surface area contributed by atoms with Crippen LogP contribution in [0.3, 0.4) is 0 Å². The summed E-state index contributed by atoms with van der Waals surface area (Å²) in [5.41, 5.74) is -0.542. The Kier molecular flexibility index (Phi) is 4.60. The van der Waals surface area contributed by atoms with Crippen LogP contribution >= 0.6 is 0 Å². The van der Waals surface area contributed by atoms with Crippen LogP contribution in [0.5, 0.6) is 0 Å². The van der Waals surface area contributed by atoms with Gasteiger partial charge in [0, 0.05) is 0 Å². The van der Waals surface area contributed by atoms with E-state index in [1.54, 1.807) is 0 Å². The van der Waals surface area contributed by atoms with Gasteiger partial charge in [-0.3, -0.25) is 0 Å². The lowest BCUT2D eigenvalue weighted by Crippen LogP contribution is -2.44. The van der Waals surface area contributed by atoms with E-state index in [1.165, 1.54) is 6.07 Å². The van der Waals surface area contributed by atoms with Crippen LogP contribution < -0.4 is 0 Å². The Hall–Kier alpha value is -1.82. The van der Waals surface area contributed by atoms with Gasteiger partial charge >= 0.3 is 12.4 Å². The molecule has 0 radical (unpaired) electrons. The van der Waals surface area contributed by atoms with Crippen molar-refractivity contribution in [3.8, 4) is 6.07 Å². The summed E-state index contributed by atoms with van der Waals surface area (Å²) < 4.78 is 89.8. The monoisotopic (exact) mass is 301 g/mol. The molecule has 2 nitrogen and oxygen atoms in total. The van der Waals surface area contributed by atoms with Gasteiger partial charge in [-0.2, -0.15) is 31.6 Å². The Morgan fingerprint density at radius 1 is 1.05 bits per heavy atom. The second-order valence-corrected chi connectivity index (χ2v) is 3.73. The number of nitriles is 1. The van der Waals surface area contributed by atoms with E-state index in [2.05, 4.69) is 4.74 Å². The lowest BCUT2D eigenvalue weighted by atomic mass is 10.1. The fourth-order valence-corrected chi connectivity index (χ4v) is 1.35. The van der Waals surface area contributed by atoms with Crippen molar-refractivity contribution in [2.24, 2.45) is 0 Å². The molecule has 0 aliphatic carbocycles. The minimum Gasteiger partial charge on any atom is -0.356 e. The van der Waals surface area contributed by atoms with Gasteiger partial charge in [0.05, 0.1) is 18.2 Å². The van der Waals surface area contributed by atoms with Crippen LogP contribution in [0.1, 0.15) is 11.1 Å². The number of hydrogen-bond donors (Lipinski definition) is 0. The summed E-state index contributed by atoms with van der Waals surface area (Å²) in [5.74, 6) is -0.960. The third-order valence-corrected chi connectivity index (χ3v) is 2.10. The van der Waals surface area contributed by atoms with Crippen LogP contribution in [0.15, 0.2) is 18.2 Å². The van der Waals surface area contributed by atoms with Crippen LogP contribution in [0.4, 0.5) is 30.7 Å². The summed E-state index contributed by atoms with van der Waals surface area (Å²) >= 11 is 0. The fraction of sp³-hybridized carbons (Fsp3) is 0.364. The number of benzene rings is 1. The van der Waals surface area contributed by atoms with Gasteiger partial charge in [0.25, 0.3) is 0 Å². The fourth-order valence-electron chi connectivity index (χ4n) is 1.35. The quantitative estimate of drug-likeness (QED) is 0.797. The smallest absolute Gasteiger partial charge is 0.356 e. The molecule has 0 spiro atoms. The maximum atomic E-state index is 13.0. The summed E-state index contributed by atoms with van der Waals surface area (Å²) in [5, 5.41) is 8.50. The molecule has 0 fully saturated rings. The Labute approximate surface area is 108 Å². The van der Waals surface area contributed by atoms with Gasteiger partial charge in [-0.15, -0.1) is 0 Å². The van der Waals surface area contributed by atoms with Crippen molar-refractivity contribution in [3.63, 3.8) is 0 Å². The molecule has 0 unspecified atom stereocenters. The average molecular weight is 301 g/mol. The molecule has 0 N–H and O–H groups in total. The van der Waals surface area contributed by atoms with Crippen LogP contribution in [0, 0.1) is 17.1 Å². The van der Waals surface area contributed by atoms with Crippen molar-refractivity contribution in [1.82, 2.24) is 0 Å². The highest BCUT2D eigenvalue weighted by Gasteiger charge is 2.57. The molecule has 0 saturated heterocycles. The lowest BCUT2D eigenvalue weighted by molar-refractivity contribution is -0.324. The molecule has 0 aromatic heterocycles. The SMILES string of the molecule is N#Cc1cc(F)cc(COC(C(F)(F)F)C(F)(F)F)c1. The average Bonchev–Trinajstić information content (AvgIpc) is 2.24. The van der Waals surface area contributed by atoms with Crippen molar-refractivity contribution in [1.29, 1.82) is 5.26 Å². The zero-order chi connectivity index (χ0) is 15.6.